The molecule has 0 saturated heterocycles. The highest BCUT2D eigenvalue weighted by atomic mass is 16.6. The van der Waals surface area contributed by atoms with Crippen molar-refractivity contribution in [3.63, 3.8) is 0 Å². The fourth-order valence-corrected chi connectivity index (χ4v) is 2.11. The van der Waals surface area contributed by atoms with Crippen LogP contribution in [-0.2, 0) is 9.47 Å². The van der Waals surface area contributed by atoms with Gasteiger partial charge in [-0.15, -0.1) is 0 Å². The Morgan fingerprint density at radius 1 is 1.31 bits per heavy atom. The molecule has 0 aromatic heterocycles. The van der Waals surface area contributed by atoms with Crippen LogP contribution in [-0.4, -0.2) is 37.0 Å². The Labute approximate surface area is 97.9 Å². The van der Waals surface area contributed by atoms with E-state index in [4.69, 9.17) is 9.47 Å². The van der Waals surface area contributed by atoms with Gasteiger partial charge in [0.1, 0.15) is 6.73 Å². The van der Waals surface area contributed by atoms with E-state index in [1.165, 1.54) is 19.3 Å². The number of methoxy groups -OCH3 is 1. The van der Waals surface area contributed by atoms with Gasteiger partial charge < -0.3 is 9.47 Å². The molecule has 1 amide bonds. The predicted octanol–water partition coefficient (Wildman–Crippen LogP) is 2.77. The van der Waals surface area contributed by atoms with Gasteiger partial charge in [-0.2, -0.15) is 0 Å². The summed E-state index contributed by atoms with van der Waals surface area (Å²) in [6.07, 6.45) is 5.47. The molecule has 16 heavy (non-hydrogen) atoms. The maximum atomic E-state index is 11.9. The number of hydrogen-bond acceptors (Lipinski definition) is 3. The average molecular weight is 229 g/mol. The monoisotopic (exact) mass is 229 g/mol. The molecule has 0 aromatic rings. The third-order valence-electron chi connectivity index (χ3n) is 2.85. The first-order valence-electron chi connectivity index (χ1n) is 6.11. The van der Waals surface area contributed by atoms with Crippen molar-refractivity contribution in [1.29, 1.82) is 0 Å². The van der Waals surface area contributed by atoms with Gasteiger partial charge >= 0.3 is 6.09 Å². The Bertz CT molecular complexity index is 212. The predicted molar refractivity (Wildman–Crippen MR) is 62.2 cm³/mol. The molecule has 0 aromatic carbocycles. The first-order chi connectivity index (χ1) is 7.65. The summed E-state index contributed by atoms with van der Waals surface area (Å²) in [6, 6.07) is 0.292. The molecule has 0 heterocycles. The first-order valence-corrected chi connectivity index (χ1v) is 6.11. The molecular formula is C12H23NO3. The van der Waals surface area contributed by atoms with Gasteiger partial charge in [0.05, 0.1) is 6.10 Å². The van der Waals surface area contributed by atoms with Crippen LogP contribution in [0.25, 0.3) is 0 Å². The summed E-state index contributed by atoms with van der Waals surface area (Å²) in [5.74, 6) is 0. The Morgan fingerprint density at radius 3 is 2.44 bits per heavy atom. The van der Waals surface area contributed by atoms with Crippen LogP contribution >= 0.6 is 0 Å². The summed E-state index contributed by atoms with van der Waals surface area (Å²) in [5.41, 5.74) is 0. The van der Waals surface area contributed by atoms with Gasteiger partial charge in [-0.25, -0.2) is 4.79 Å². The van der Waals surface area contributed by atoms with Gasteiger partial charge in [0.2, 0.25) is 0 Å². The largest absolute Gasteiger partial charge is 0.447 e. The van der Waals surface area contributed by atoms with E-state index in [9.17, 15) is 4.79 Å². The van der Waals surface area contributed by atoms with E-state index < -0.39 is 0 Å². The normalized spacial score (nSPS) is 17.5. The zero-order chi connectivity index (χ0) is 12.0. The average Bonchev–Trinajstić information content (AvgIpc) is 2.26. The standard InChI is InChI=1S/C12H23NO3/c1-10(2)16-12(14)13(9-15-3)11-7-5-4-6-8-11/h10-11H,4-9H2,1-3H3. The van der Waals surface area contributed by atoms with Crippen LogP contribution in [0.2, 0.25) is 0 Å². The zero-order valence-corrected chi connectivity index (χ0v) is 10.6. The topological polar surface area (TPSA) is 38.8 Å². The zero-order valence-electron chi connectivity index (χ0n) is 10.6. The molecule has 4 nitrogen and oxygen atoms in total. The van der Waals surface area contributed by atoms with E-state index in [2.05, 4.69) is 0 Å². The van der Waals surface area contributed by atoms with Crippen LogP contribution in [0.3, 0.4) is 0 Å². The van der Waals surface area contributed by atoms with Crippen molar-refractivity contribution in [2.45, 2.75) is 58.1 Å². The molecule has 0 spiro atoms. The van der Waals surface area contributed by atoms with Crippen molar-refractivity contribution < 1.29 is 14.3 Å². The first kappa shape index (κ1) is 13.3. The van der Waals surface area contributed by atoms with Crippen LogP contribution in [0.15, 0.2) is 0 Å². The van der Waals surface area contributed by atoms with Gasteiger partial charge in [0.15, 0.2) is 0 Å². The Kier molecular flexibility index (Phi) is 5.60. The highest BCUT2D eigenvalue weighted by Crippen LogP contribution is 2.23. The van der Waals surface area contributed by atoms with Crippen molar-refractivity contribution in [3.8, 4) is 0 Å². The molecule has 0 bridgehead atoms. The molecule has 4 heteroatoms. The summed E-state index contributed by atoms with van der Waals surface area (Å²) in [5, 5.41) is 0. The maximum Gasteiger partial charge on any atom is 0.412 e. The maximum absolute atomic E-state index is 11.9. The Morgan fingerprint density at radius 2 is 1.94 bits per heavy atom. The smallest absolute Gasteiger partial charge is 0.412 e. The number of carbonyl (C=O) groups excluding carboxylic acids is 1. The van der Waals surface area contributed by atoms with Gasteiger partial charge in [0.25, 0.3) is 0 Å². The van der Waals surface area contributed by atoms with Gasteiger partial charge in [0, 0.05) is 13.2 Å². The third kappa shape index (κ3) is 4.00. The summed E-state index contributed by atoms with van der Waals surface area (Å²) in [6.45, 7) is 4.06. The minimum Gasteiger partial charge on any atom is -0.447 e. The SMILES string of the molecule is COCN(C(=O)OC(C)C)C1CCCCC1. The van der Waals surface area contributed by atoms with Crippen molar-refractivity contribution >= 4 is 6.09 Å². The van der Waals surface area contributed by atoms with E-state index in [0.717, 1.165) is 12.8 Å². The van der Waals surface area contributed by atoms with E-state index in [-0.39, 0.29) is 12.2 Å². The van der Waals surface area contributed by atoms with Crippen LogP contribution in [0.5, 0.6) is 0 Å². The molecule has 1 aliphatic rings. The Balaban J connectivity index is 2.53. The van der Waals surface area contributed by atoms with E-state index in [1.54, 1.807) is 12.0 Å². The molecule has 94 valence electrons. The van der Waals surface area contributed by atoms with E-state index >= 15 is 0 Å². The van der Waals surface area contributed by atoms with Crippen LogP contribution in [0, 0.1) is 0 Å². The molecule has 0 atom stereocenters. The molecule has 0 radical (unpaired) electrons. The lowest BCUT2D eigenvalue weighted by molar-refractivity contribution is 0.00232. The molecule has 1 fully saturated rings. The number of ether oxygens (including phenoxy) is 2. The highest BCUT2D eigenvalue weighted by molar-refractivity contribution is 5.68. The lowest BCUT2D eigenvalue weighted by Crippen LogP contribution is -2.43. The molecule has 0 N–H and O–H groups in total. The van der Waals surface area contributed by atoms with Crippen LogP contribution in [0.1, 0.15) is 46.0 Å². The molecule has 1 aliphatic carbocycles. The summed E-state index contributed by atoms with van der Waals surface area (Å²) in [4.78, 5) is 13.6. The Hall–Kier alpha value is -0.770. The molecule has 0 aliphatic heterocycles. The van der Waals surface area contributed by atoms with E-state index in [0.29, 0.717) is 12.8 Å². The van der Waals surface area contributed by atoms with E-state index in [1.807, 2.05) is 13.8 Å². The minimum atomic E-state index is -0.247. The summed E-state index contributed by atoms with van der Waals surface area (Å²) < 4.78 is 10.3. The van der Waals surface area contributed by atoms with Crippen LogP contribution < -0.4 is 0 Å². The summed E-state index contributed by atoms with van der Waals surface area (Å²) >= 11 is 0. The minimum absolute atomic E-state index is 0.0737. The second-order valence-corrected chi connectivity index (χ2v) is 4.61. The highest BCUT2D eigenvalue weighted by Gasteiger charge is 2.26. The molecule has 1 rings (SSSR count). The summed E-state index contributed by atoms with van der Waals surface area (Å²) in [7, 11) is 1.61. The molecular weight excluding hydrogens is 206 g/mol. The van der Waals surface area contributed by atoms with Crippen molar-refractivity contribution in [1.82, 2.24) is 4.90 Å². The number of hydrogen-bond donors (Lipinski definition) is 0. The quantitative estimate of drug-likeness (QED) is 0.696. The second-order valence-electron chi connectivity index (χ2n) is 4.61. The number of rotatable bonds is 4. The van der Waals surface area contributed by atoms with Crippen molar-refractivity contribution in [3.05, 3.63) is 0 Å². The fraction of sp³-hybridized carbons (Fsp3) is 0.917. The second kappa shape index (κ2) is 6.74. The van der Waals surface area contributed by atoms with Gasteiger partial charge in [-0.05, 0) is 26.7 Å². The lowest BCUT2D eigenvalue weighted by atomic mass is 9.95. The van der Waals surface area contributed by atoms with Gasteiger partial charge in [-0.1, -0.05) is 19.3 Å². The van der Waals surface area contributed by atoms with Gasteiger partial charge in [-0.3, -0.25) is 4.90 Å². The third-order valence-corrected chi connectivity index (χ3v) is 2.85. The fourth-order valence-electron chi connectivity index (χ4n) is 2.11. The van der Waals surface area contributed by atoms with Crippen molar-refractivity contribution in [2.75, 3.05) is 13.8 Å². The van der Waals surface area contributed by atoms with Crippen LogP contribution in [0.4, 0.5) is 4.79 Å². The number of amides is 1. The number of carbonyl (C=O) groups is 1. The molecule has 0 unspecified atom stereocenters. The number of nitrogens with zero attached hydrogens (tertiary/aromatic N) is 1. The van der Waals surface area contributed by atoms with Crippen molar-refractivity contribution in [2.24, 2.45) is 0 Å². The lowest BCUT2D eigenvalue weighted by Gasteiger charge is -2.33. The molecule has 1 saturated carbocycles.